The second kappa shape index (κ2) is 5.39. The summed E-state index contributed by atoms with van der Waals surface area (Å²) in [6.07, 6.45) is 0. The number of hydrogen-bond acceptors (Lipinski definition) is 4. The lowest BCUT2D eigenvalue weighted by molar-refractivity contribution is 0.0602. The fourth-order valence-corrected chi connectivity index (χ4v) is 1.68. The summed E-state index contributed by atoms with van der Waals surface area (Å²) in [7, 11) is 1.29. The number of hydrogen-bond donors (Lipinski definition) is 2. The van der Waals surface area contributed by atoms with E-state index in [9.17, 15) is 9.18 Å². The molecule has 0 saturated carbocycles. The van der Waals surface area contributed by atoms with E-state index < -0.39 is 5.97 Å². The second-order valence-corrected chi connectivity index (χ2v) is 3.89. The summed E-state index contributed by atoms with van der Waals surface area (Å²) in [5, 5.41) is 2.96. The first-order valence-corrected chi connectivity index (χ1v) is 5.61. The molecule has 0 saturated heterocycles. The highest BCUT2D eigenvalue weighted by Crippen LogP contribution is 2.26. The summed E-state index contributed by atoms with van der Waals surface area (Å²) in [5.41, 5.74) is 7.49. The Bertz CT molecular complexity index is 614. The molecule has 0 atom stereocenters. The van der Waals surface area contributed by atoms with Crippen LogP contribution >= 0.6 is 0 Å². The minimum absolute atomic E-state index is 0.263. The zero-order valence-corrected chi connectivity index (χ0v) is 10.3. The summed E-state index contributed by atoms with van der Waals surface area (Å²) in [6, 6.07) is 10.9. The first-order valence-electron chi connectivity index (χ1n) is 5.61. The number of carbonyl (C=O) groups excluding carboxylic acids is 1. The monoisotopic (exact) mass is 260 g/mol. The first kappa shape index (κ1) is 12.9. The van der Waals surface area contributed by atoms with Crippen molar-refractivity contribution in [3.05, 3.63) is 53.8 Å². The van der Waals surface area contributed by atoms with Gasteiger partial charge in [-0.15, -0.1) is 0 Å². The standard InChI is InChI=1S/C14H13FN2O2/c1-19-14(18)11-6-3-7-12(13(11)16)17-10-5-2-4-9(15)8-10/h2-8,17H,16H2,1H3. The van der Waals surface area contributed by atoms with Crippen LogP contribution in [0.1, 0.15) is 10.4 Å². The molecule has 0 heterocycles. The molecule has 19 heavy (non-hydrogen) atoms. The van der Waals surface area contributed by atoms with Crippen molar-refractivity contribution in [2.45, 2.75) is 0 Å². The Morgan fingerprint density at radius 3 is 2.68 bits per heavy atom. The molecule has 0 bridgehead atoms. The number of nitrogens with two attached hydrogens (primary N) is 1. The lowest BCUT2D eigenvalue weighted by atomic mass is 10.1. The Labute approximate surface area is 110 Å². The lowest BCUT2D eigenvalue weighted by Crippen LogP contribution is -2.07. The first-order chi connectivity index (χ1) is 9.11. The van der Waals surface area contributed by atoms with Gasteiger partial charge >= 0.3 is 5.97 Å². The number of nitrogen functional groups attached to an aromatic ring is 1. The molecule has 0 spiro atoms. The van der Waals surface area contributed by atoms with Crippen LogP contribution in [0.25, 0.3) is 0 Å². The van der Waals surface area contributed by atoms with Crippen molar-refractivity contribution < 1.29 is 13.9 Å². The number of anilines is 3. The summed E-state index contributed by atoms with van der Waals surface area (Å²) >= 11 is 0. The molecule has 2 aromatic rings. The summed E-state index contributed by atoms with van der Waals surface area (Å²) in [5.74, 6) is -0.868. The maximum atomic E-state index is 13.1. The van der Waals surface area contributed by atoms with Crippen LogP contribution in [0.5, 0.6) is 0 Å². The molecule has 0 aliphatic heterocycles. The average molecular weight is 260 g/mol. The van der Waals surface area contributed by atoms with Crippen molar-refractivity contribution in [3.63, 3.8) is 0 Å². The topological polar surface area (TPSA) is 64.3 Å². The van der Waals surface area contributed by atoms with Crippen molar-refractivity contribution in [1.29, 1.82) is 0 Å². The Morgan fingerprint density at radius 1 is 1.26 bits per heavy atom. The Morgan fingerprint density at radius 2 is 2.00 bits per heavy atom. The quantitative estimate of drug-likeness (QED) is 0.658. The fourth-order valence-electron chi connectivity index (χ4n) is 1.68. The normalized spacial score (nSPS) is 10.0. The van der Waals surface area contributed by atoms with E-state index in [0.717, 1.165) is 0 Å². The molecule has 2 rings (SSSR count). The van der Waals surface area contributed by atoms with E-state index in [1.165, 1.54) is 19.2 Å². The van der Waals surface area contributed by atoms with Gasteiger partial charge in [-0.05, 0) is 30.3 Å². The molecular formula is C14H13FN2O2. The molecule has 0 fully saturated rings. The predicted octanol–water partition coefficient (Wildman–Crippen LogP) is 2.94. The third-order valence-corrected chi connectivity index (χ3v) is 2.62. The average Bonchev–Trinajstić information content (AvgIpc) is 2.40. The fraction of sp³-hybridized carbons (Fsp3) is 0.0714. The van der Waals surface area contributed by atoms with Crippen molar-refractivity contribution in [2.75, 3.05) is 18.2 Å². The lowest BCUT2D eigenvalue weighted by Gasteiger charge is -2.12. The largest absolute Gasteiger partial charge is 0.465 e. The number of esters is 1. The highest BCUT2D eigenvalue weighted by molar-refractivity contribution is 5.98. The molecule has 2 aromatic carbocycles. The molecule has 0 aliphatic rings. The van der Waals surface area contributed by atoms with Crippen LogP contribution in [0.15, 0.2) is 42.5 Å². The van der Waals surface area contributed by atoms with Crippen LogP contribution < -0.4 is 11.1 Å². The summed E-state index contributed by atoms with van der Waals surface area (Å²) in [6.45, 7) is 0. The minimum atomic E-state index is -0.514. The molecule has 0 aromatic heterocycles. The maximum absolute atomic E-state index is 13.1. The van der Waals surface area contributed by atoms with Gasteiger partial charge in [-0.3, -0.25) is 0 Å². The number of benzene rings is 2. The van der Waals surface area contributed by atoms with E-state index >= 15 is 0 Å². The van der Waals surface area contributed by atoms with Crippen LogP contribution in [0.3, 0.4) is 0 Å². The van der Waals surface area contributed by atoms with E-state index in [4.69, 9.17) is 5.73 Å². The smallest absolute Gasteiger partial charge is 0.340 e. The molecular weight excluding hydrogens is 247 g/mol. The van der Waals surface area contributed by atoms with E-state index in [0.29, 0.717) is 11.4 Å². The van der Waals surface area contributed by atoms with Gasteiger partial charge in [-0.25, -0.2) is 9.18 Å². The Hall–Kier alpha value is -2.56. The molecule has 0 aliphatic carbocycles. The number of rotatable bonds is 3. The zero-order valence-electron chi connectivity index (χ0n) is 10.3. The van der Waals surface area contributed by atoms with Crippen molar-refractivity contribution >= 4 is 23.0 Å². The van der Waals surface area contributed by atoms with Crippen LogP contribution in [0.2, 0.25) is 0 Å². The van der Waals surface area contributed by atoms with Gasteiger partial charge < -0.3 is 15.8 Å². The van der Waals surface area contributed by atoms with E-state index in [2.05, 4.69) is 10.1 Å². The molecule has 3 N–H and O–H groups in total. The van der Waals surface area contributed by atoms with Crippen molar-refractivity contribution in [3.8, 4) is 0 Å². The molecule has 98 valence electrons. The highest BCUT2D eigenvalue weighted by Gasteiger charge is 2.12. The van der Waals surface area contributed by atoms with Gasteiger partial charge in [-0.2, -0.15) is 0 Å². The number of halogens is 1. The molecule has 0 unspecified atom stereocenters. The third-order valence-electron chi connectivity index (χ3n) is 2.62. The van der Waals surface area contributed by atoms with Gasteiger partial charge in [0.1, 0.15) is 5.82 Å². The van der Waals surface area contributed by atoms with E-state index in [1.54, 1.807) is 30.3 Å². The van der Waals surface area contributed by atoms with Gasteiger partial charge in [0.05, 0.1) is 24.0 Å². The molecule has 5 heteroatoms. The van der Waals surface area contributed by atoms with Gasteiger partial charge in [0.25, 0.3) is 0 Å². The van der Waals surface area contributed by atoms with Crippen LogP contribution in [-0.4, -0.2) is 13.1 Å². The Kier molecular flexibility index (Phi) is 3.66. The van der Waals surface area contributed by atoms with E-state index in [-0.39, 0.29) is 17.1 Å². The molecule has 0 radical (unpaired) electrons. The maximum Gasteiger partial charge on any atom is 0.340 e. The van der Waals surface area contributed by atoms with Gasteiger partial charge in [-0.1, -0.05) is 12.1 Å². The van der Waals surface area contributed by atoms with Crippen molar-refractivity contribution in [2.24, 2.45) is 0 Å². The van der Waals surface area contributed by atoms with Crippen LogP contribution in [-0.2, 0) is 4.74 Å². The number of para-hydroxylation sites is 1. The van der Waals surface area contributed by atoms with Gasteiger partial charge in [0.2, 0.25) is 0 Å². The number of nitrogens with one attached hydrogen (secondary N) is 1. The molecule has 4 nitrogen and oxygen atoms in total. The summed E-state index contributed by atoms with van der Waals surface area (Å²) < 4.78 is 17.7. The van der Waals surface area contributed by atoms with Gasteiger partial charge in [0, 0.05) is 5.69 Å². The molecule has 0 amide bonds. The van der Waals surface area contributed by atoms with Gasteiger partial charge in [0.15, 0.2) is 0 Å². The van der Waals surface area contributed by atoms with Crippen molar-refractivity contribution in [1.82, 2.24) is 0 Å². The summed E-state index contributed by atoms with van der Waals surface area (Å²) in [4.78, 5) is 11.5. The van der Waals surface area contributed by atoms with E-state index in [1.807, 2.05) is 0 Å². The number of methoxy groups -OCH3 is 1. The van der Waals surface area contributed by atoms with Crippen LogP contribution in [0.4, 0.5) is 21.5 Å². The number of ether oxygens (including phenoxy) is 1. The van der Waals surface area contributed by atoms with Crippen LogP contribution in [0, 0.1) is 5.82 Å². The number of carbonyl (C=O) groups is 1. The second-order valence-electron chi connectivity index (χ2n) is 3.89. The zero-order chi connectivity index (χ0) is 13.8. The Balaban J connectivity index is 2.33. The SMILES string of the molecule is COC(=O)c1cccc(Nc2cccc(F)c2)c1N. The predicted molar refractivity (Wildman–Crippen MR) is 71.9 cm³/mol. The highest BCUT2D eigenvalue weighted by atomic mass is 19.1. The minimum Gasteiger partial charge on any atom is -0.465 e. The third kappa shape index (κ3) is 2.82.